The number of aromatic nitrogens is 5. The number of nitrogens with one attached hydrogen (secondary N) is 1. The summed E-state index contributed by atoms with van der Waals surface area (Å²) in [5.74, 6) is 1.48. The average molecular weight is 414 g/mol. The van der Waals surface area contributed by atoms with E-state index < -0.39 is 11.2 Å². The van der Waals surface area contributed by atoms with Crippen molar-refractivity contribution in [2.24, 2.45) is 14.1 Å². The summed E-state index contributed by atoms with van der Waals surface area (Å²) in [5, 5.41) is 3.94. The summed E-state index contributed by atoms with van der Waals surface area (Å²) in [4.78, 5) is 46.9. The number of carbonyl (C=O) groups excluding carboxylic acids is 1. The van der Waals surface area contributed by atoms with Crippen molar-refractivity contribution in [2.45, 2.75) is 45.4 Å². The van der Waals surface area contributed by atoms with E-state index in [2.05, 4.69) is 15.1 Å². The molecule has 0 aliphatic carbocycles. The second-order valence-electron chi connectivity index (χ2n) is 8.01. The number of aryl methyl sites for hydroxylation is 3. The van der Waals surface area contributed by atoms with Crippen molar-refractivity contribution in [1.82, 2.24) is 29.2 Å². The van der Waals surface area contributed by atoms with Crippen molar-refractivity contribution in [1.29, 1.82) is 0 Å². The highest BCUT2D eigenvalue weighted by Gasteiger charge is 2.28. The predicted molar refractivity (Wildman–Crippen MR) is 109 cm³/mol. The highest BCUT2D eigenvalue weighted by atomic mass is 16.5. The van der Waals surface area contributed by atoms with Crippen molar-refractivity contribution in [3.8, 4) is 0 Å². The maximum Gasteiger partial charge on any atom is 0.332 e. The molecule has 3 aromatic heterocycles. The number of hydrogen-bond donors (Lipinski definition) is 1. The number of imidazole rings is 1. The van der Waals surface area contributed by atoms with E-state index in [1.54, 1.807) is 7.05 Å². The van der Waals surface area contributed by atoms with Crippen LogP contribution in [0.5, 0.6) is 0 Å². The Kier molecular flexibility index (Phi) is 5.08. The quantitative estimate of drug-likeness (QED) is 0.678. The molecule has 10 nitrogen and oxygen atoms in total. The largest absolute Gasteiger partial charge is 0.361 e. The van der Waals surface area contributed by atoms with Gasteiger partial charge in [0.1, 0.15) is 17.1 Å². The molecule has 1 aliphatic heterocycles. The third-order valence-electron chi connectivity index (χ3n) is 6.04. The third-order valence-corrected chi connectivity index (χ3v) is 6.04. The predicted octanol–water partition coefficient (Wildman–Crippen LogP) is 0.904. The van der Waals surface area contributed by atoms with E-state index in [1.165, 1.54) is 11.6 Å². The highest BCUT2D eigenvalue weighted by molar-refractivity contribution is 5.76. The second-order valence-corrected chi connectivity index (χ2v) is 8.01. The van der Waals surface area contributed by atoms with Gasteiger partial charge in [0, 0.05) is 45.1 Å². The van der Waals surface area contributed by atoms with Crippen LogP contribution in [-0.4, -0.2) is 48.2 Å². The van der Waals surface area contributed by atoms with Crippen LogP contribution < -0.4 is 11.2 Å². The monoisotopic (exact) mass is 414 g/mol. The van der Waals surface area contributed by atoms with Gasteiger partial charge >= 0.3 is 5.69 Å². The first kappa shape index (κ1) is 20.1. The van der Waals surface area contributed by atoms with Crippen molar-refractivity contribution < 1.29 is 9.32 Å². The molecule has 160 valence electrons. The van der Waals surface area contributed by atoms with Gasteiger partial charge in [-0.25, -0.2) is 9.78 Å². The first-order valence-electron chi connectivity index (χ1n) is 10.1. The van der Waals surface area contributed by atoms with Crippen LogP contribution in [0.15, 0.2) is 14.1 Å². The van der Waals surface area contributed by atoms with Crippen LogP contribution in [0.25, 0.3) is 11.2 Å². The van der Waals surface area contributed by atoms with E-state index in [4.69, 9.17) is 4.52 Å². The molecule has 30 heavy (non-hydrogen) atoms. The third kappa shape index (κ3) is 3.35. The lowest BCUT2D eigenvalue weighted by Crippen LogP contribution is -2.39. The Hall–Kier alpha value is -3.17. The normalized spacial score (nSPS) is 17.1. The molecule has 1 aliphatic rings. The van der Waals surface area contributed by atoms with E-state index >= 15 is 0 Å². The van der Waals surface area contributed by atoms with Crippen molar-refractivity contribution in [2.75, 3.05) is 13.1 Å². The molecule has 1 N–H and O–H groups in total. The Bertz CT molecular complexity index is 1210. The smallest absolute Gasteiger partial charge is 0.332 e. The van der Waals surface area contributed by atoms with Crippen molar-refractivity contribution >= 4 is 17.1 Å². The van der Waals surface area contributed by atoms with E-state index in [-0.39, 0.29) is 11.8 Å². The lowest BCUT2D eigenvalue weighted by atomic mass is 9.96. The van der Waals surface area contributed by atoms with Gasteiger partial charge in [-0.05, 0) is 33.1 Å². The fraction of sp³-hybridized carbons (Fsp3) is 0.550. The fourth-order valence-electron chi connectivity index (χ4n) is 4.21. The molecule has 4 rings (SSSR count). The topological polar surface area (TPSA) is 119 Å². The number of piperidine rings is 1. The molecule has 4 heterocycles. The number of hydrogen-bond acceptors (Lipinski definition) is 6. The van der Waals surface area contributed by atoms with Gasteiger partial charge in [0.2, 0.25) is 5.91 Å². The summed E-state index contributed by atoms with van der Waals surface area (Å²) >= 11 is 0. The molecule has 1 fully saturated rings. The Morgan fingerprint density at radius 1 is 1.23 bits per heavy atom. The van der Waals surface area contributed by atoms with Gasteiger partial charge in [-0.3, -0.25) is 18.7 Å². The number of rotatable bonds is 4. The van der Waals surface area contributed by atoms with Crippen LogP contribution in [-0.2, 0) is 25.3 Å². The number of amides is 1. The molecule has 0 saturated carbocycles. The van der Waals surface area contributed by atoms with Crippen molar-refractivity contribution in [3.05, 3.63) is 43.7 Å². The SMILES string of the molecule is Cc1noc(C)c1CCC(=O)N1CCCC(c2nc3c([nH]2)c(=O)n(C)c(=O)n3C)C1. The van der Waals surface area contributed by atoms with Gasteiger partial charge in [0.15, 0.2) is 5.65 Å². The molecule has 0 radical (unpaired) electrons. The lowest BCUT2D eigenvalue weighted by molar-refractivity contribution is -0.132. The second kappa shape index (κ2) is 7.58. The van der Waals surface area contributed by atoms with E-state index in [9.17, 15) is 14.4 Å². The van der Waals surface area contributed by atoms with Crippen molar-refractivity contribution in [3.63, 3.8) is 0 Å². The molecular weight excluding hydrogens is 388 g/mol. The molecule has 1 atom stereocenters. The summed E-state index contributed by atoms with van der Waals surface area (Å²) < 4.78 is 7.61. The van der Waals surface area contributed by atoms with Gasteiger partial charge in [0.05, 0.1) is 5.69 Å². The Balaban J connectivity index is 1.52. The summed E-state index contributed by atoms with van der Waals surface area (Å²) in [5.41, 5.74) is 1.68. The van der Waals surface area contributed by atoms with E-state index in [0.29, 0.717) is 42.9 Å². The maximum atomic E-state index is 12.8. The Labute approximate surface area is 172 Å². The highest BCUT2D eigenvalue weighted by Crippen LogP contribution is 2.26. The average Bonchev–Trinajstić information content (AvgIpc) is 3.33. The first-order valence-corrected chi connectivity index (χ1v) is 10.1. The summed E-state index contributed by atoms with van der Waals surface area (Å²) in [6, 6.07) is 0. The molecule has 0 bridgehead atoms. The molecule has 0 spiro atoms. The zero-order valence-corrected chi connectivity index (χ0v) is 17.7. The van der Waals surface area contributed by atoms with Gasteiger partial charge in [0.25, 0.3) is 5.56 Å². The van der Waals surface area contributed by atoms with Crippen LogP contribution in [0.3, 0.4) is 0 Å². The zero-order chi connectivity index (χ0) is 21.6. The Morgan fingerprint density at radius 3 is 2.70 bits per heavy atom. The minimum absolute atomic E-state index is 0.00558. The van der Waals surface area contributed by atoms with Crippen LogP contribution in [0.2, 0.25) is 0 Å². The van der Waals surface area contributed by atoms with E-state index in [0.717, 1.165) is 34.4 Å². The molecule has 0 aromatic carbocycles. The fourth-order valence-corrected chi connectivity index (χ4v) is 4.21. The Morgan fingerprint density at radius 2 is 2.00 bits per heavy atom. The van der Waals surface area contributed by atoms with Crippen LogP contribution in [0.1, 0.15) is 48.0 Å². The van der Waals surface area contributed by atoms with Crippen LogP contribution >= 0.6 is 0 Å². The van der Waals surface area contributed by atoms with Crippen LogP contribution in [0, 0.1) is 13.8 Å². The lowest BCUT2D eigenvalue weighted by Gasteiger charge is -2.32. The standard InChI is InChI=1S/C20H26N6O4/c1-11-14(12(2)30-23-11)7-8-15(27)26-9-5-6-13(10-26)17-21-16-18(22-17)24(3)20(29)25(4)19(16)28/h13H,5-10H2,1-4H3,(H,21,22). The maximum absolute atomic E-state index is 12.8. The molecular formula is C20H26N6O4. The number of nitrogens with zero attached hydrogens (tertiary/aromatic N) is 5. The minimum atomic E-state index is -0.412. The number of H-pyrrole nitrogens is 1. The number of fused-ring (bicyclic) bond motifs is 1. The number of aromatic amines is 1. The van der Waals surface area contributed by atoms with Gasteiger partial charge in [-0.2, -0.15) is 0 Å². The summed E-state index contributed by atoms with van der Waals surface area (Å²) in [6.45, 7) is 4.98. The molecule has 1 unspecified atom stereocenters. The summed E-state index contributed by atoms with van der Waals surface area (Å²) in [6.07, 6.45) is 2.71. The number of carbonyl (C=O) groups is 1. The molecule has 1 amide bonds. The van der Waals surface area contributed by atoms with Gasteiger partial charge < -0.3 is 14.4 Å². The zero-order valence-electron chi connectivity index (χ0n) is 17.7. The van der Waals surface area contributed by atoms with Gasteiger partial charge in [-0.1, -0.05) is 5.16 Å². The number of likely N-dealkylation sites (tertiary alicyclic amines) is 1. The summed E-state index contributed by atoms with van der Waals surface area (Å²) in [7, 11) is 3.05. The minimum Gasteiger partial charge on any atom is -0.361 e. The first-order chi connectivity index (χ1) is 14.3. The molecule has 1 saturated heterocycles. The molecule has 10 heteroatoms. The van der Waals surface area contributed by atoms with Crippen LogP contribution in [0.4, 0.5) is 0 Å². The van der Waals surface area contributed by atoms with E-state index in [1.807, 2.05) is 18.7 Å². The van der Waals surface area contributed by atoms with Gasteiger partial charge in [-0.15, -0.1) is 0 Å². The molecule has 3 aromatic rings.